The van der Waals surface area contributed by atoms with Gasteiger partial charge in [0, 0.05) is 17.9 Å². The summed E-state index contributed by atoms with van der Waals surface area (Å²) in [5, 5.41) is 3.50. The number of aryl methyl sites for hydroxylation is 1. The van der Waals surface area contributed by atoms with Gasteiger partial charge in [0.25, 0.3) is 0 Å². The number of anilines is 2. The lowest BCUT2D eigenvalue weighted by Crippen LogP contribution is -2.23. The SMILES string of the molecule is CCCCCC(C)(C)CNc1ccc(C)c(N)c1. The first-order valence-corrected chi connectivity index (χ1v) is 7.04. The van der Waals surface area contributed by atoms with E-state index >= 15 is 0 Å². The monoisotopic (exact) mass is 248 g/mol. The molecule has 0 amide bonds. The Hall–Kier alpha value is -1.18. The van der Waals surface area contributed by atoms with Crippen LogP contribution in [0.3, 0.4) is 0 Å². The predicted octanol–water partition coefficient (Wildman–Crippen LogP) is 4.60. The van der Waals surface area contributed by atoms with Crippen LogP contribution in [0.4, 0.5) is 11.4 Å². The lowest BCUT2D eigenvalue weighted by atomic mass is 9.87. The molecular formula is C16H28N2. The number of benzene rings is 1. The zero-order valence-electron chi connectivity index (χ0n) is 12.3. The maximum Gasteiger partial charge on any atom is 0.0364 e. The molecule has 1 aromatic rings. The third-order valence-corrected chi connectivity index (χ3v) is 3.51. The molecule has 0 aliphatic rings. The van der Waals surface area contributed by atoms with Crippen molar-refractivity contribution < 1.29 is 0 Å². The van der Waals surface area contributed by atoms with Gasteiger partial charge in [-0.3, -0.25) is 0 Å². The van der Waals surface area contributed by atoms with Crippen LogP contribution in [-0.2, 0) is 0 Å². The lowest BCUT2D eigenvalue weighted by molar-refractivity contribution is 0.342. The first kappa shape index (κ1) is 14.9. The molecule has 0 bridgehead atoms. The summed E-state index contributed by atoms with van der Waals surface area (Å²) >= 11 is 0. The topological polar surface area (TPSA) is 38.0 Å². The van der Waals surface area contributed by atoms with Gasteiger partial charge in [0.05, 0.1) is 0 Å². The molecule has 0 spiro atoms. The van der Waals surface area contributed by atoms with Crippen molar-refractivity contribution >= 4 is 11.4 Å². The first-order chi connectivity index (χ1) is 8.44. The molecule has 0 saturated carbocycles. The number of rotatable bonds is 7. The quantitative estimate of drug-likeness (QED) is 0.547. The van der Waals surface area contributed by atoms with E-state index in [1.807, 2.05) is 13.0 Å². The Bertz CT molecular complexity index is 369. The molecule has 1 rings (SSSR count). The van der Waals surface area contributed by atoms with Gasteiger partial charge in [-0.2, -0.15) is 0 Å². The van der Waals surface area contributed by atoms with Crippen LogP contribution < -0.4 is 11.1 Å². The molecule has 3 N–H and O–H groups in total. The van der Waals surface area contributed by atoms with E-state index in [1.54, 1.807) is 0 Å². The van der Waals surface area contributed by atoms with E-state index in [-0.39, 0.29) is 0 Å². The van der Waals surface area contributed by atoms with Crippen LogP contribution in [0.5, 0.6) is 0 Å². The summed E-state index contributed by atoms with van der Waals surface area (Å²) in [6.45, 7) is 9.94. The molecule has 1 aromatic carbocycles. The zero-order chi connectivity index (χ0) is 13.6. The molecule has 0 radical (unpaired) electrons. The number of nitrogens with one attached hydrogen (secondary N) is 1. The van der Waals surface area contributed by atoms with E-state index in [0.29, 0.717) is 5.41 Å². The molecule has 2 nitrogen and oxygen atoms in total. The van der Waals surface area contributed by atoms with Crippen molar-refractivity contribution in [1.29, 1.82) is 0 Å². The van der Waals surface area contributed by atoms with Gasteiger partial charge in [-0.1, -0.05) is 46.1 Å². The minimum atomic E-state index is 0.342. The zero-order valence-corrected chi connectivity index (χ0v) is 12.3. The number of unbranched alkanes of at least 4 members (excludes halogenated alkanes) is 2. The molecule has 102 valence electrons. The molecule has 18 heavy (non-hydrogen) atoms. The molecule has 0 heterocycles. The van der Waals surface area contributed by atoms with Gasteiger partial charge in [-0.15, -0.1) is 0 Å². The van der Waals surface area contributed by atoms with Gasteiger partial charge in [0.1, 0.15) is 0 Å². The normalized spacial score (nSPS) is 11.6. The maximum atomic E-state index is 5.92. The molecule has 0 saturated heterocycles. The van der Waals surface area contributed by atoms with Crippen molar-refractivity contribution in [1.82, 2.24) is 0 Å². The van der Waals surface area contributed by atoms with Crippen LogP contribution in [0.25, 0.3) is 0 Å². The Morgan fingerprint density at radius 3 is 2.56 bits per heavy atom. The van der Waals surface area contributed by atoms with Crippen LogP contribution in [0.15, 0.2) is 18.2 Å². The Labute approximate surface area is 112 Å². The van der Waals surface area contributed by atoms with Gasteiger partial charge < -0.3 is 11.1 Å². The van der Waals surface area contributed by atoms with E-state index in [1.165, 1.54) is 25.7 Å². The molecular weight excluding hydrogens is 220 g/mol. The second kappa shape index (κ2) is 6.67. The van der Waals surface area contributed by atoms with Crippen LogP contribution >= 0.6 is 0 Å². The first-order valence-electron chi connectivity index (χ1n) is 7.04. The van der Waals surface area contributed by atoms with Crippen molar-refractivity contribution in [2.45, 2.75) is 53.4 Å². The number of nitrogens with two attached hydrogens (primary N) is 1. The van der Waals surface area contributed by atoms with Crippen molar-refractivity contribution in [3.63, 3.8) is 0 Å². The lowest BCUT2D eigenvalue weighted by Gasteiger charge is -2.25. The standard InChI is InChI=1S/C16H28N2/c1-5-6-7-10-16(3,4)12-18-14-9-8-13(2)15(17)11-14/h8-9,11,18H,5-7,10,12,17H2,1-4H3. The van der Waals surface area contributed by atoms with Crippen molar-refractivity contribution in [2.75, 3.05) is 17.6 Å². The minimum absolute atomic E-state index is 0.342. The minimum Gasteiger partial charge on any atom is -0.398 e. The number of hydrogen-bond donors (Lipinski definition) is 2. The Balaban J connectivity index is 2.45. The van der Waals surface area contributed by atoms with Crippen LogP contribution in [0.2, 0.25) is 0 Å². The van der Waals surface area contributed by atoms with Crippen LogP contribution in [0.1, 0.15) is 52.0 Å². The van der Waals surface area contributed by atoms with Gasteiger partial charge in [0.15, 0.2) is 0 Å². The largest absolute Gasteiger partial charge is 0.398 e. The molecule has 0 aliphatic heterocycles. The Morgan fingerprint density at radius 1 is 1.22 bits per heavy atom. The van der Waals surface area contributed by atoms with Crippen molar-refractivity contribution in [3.8, 4) is 0 Å². The van der Waals surface area contributed by atoms with Crippen LogP contribution in [-0.4, -0.2) is 6.54 Å². The summed E-state index contributed by atoms with van der Waals surface area (Å²) < 4.78 is 0. The third-order valence-electron chi connectivity index (χ3n) is 3.51. The van der Waals surface area contributed by atoms with Gasteiger partial charge in [-0.05, 0) is 36.5 Å². The molecule has 0 aromatic heterocycles. The summed E-state index contributed by atoms with van der Waals surface area (Å²) in [6.07, 6.45) is 5.22. The number of nitrogen functional groups attached to an aromatic ring is 1. The molecule has 2 heteroatoms. The number of hydrogen-bond acceptors (Lipinski definition) is 2. The smallest absolute Gasteiger partial charge is 0.0364 e. The highest BCUT2D eigenvalue weighted by molar-refractivity contribution is 5.58. The van der Waals surface area contributed by atoms with Crippen molar-refractivity contribution in [2.24, 2.45) is 5.41 Å². The fourth-order valence-electron chi connectivity index (χ4n) is 2.03. The predicted molar refractivity (Wildman–Crippen MR) is 82.0 cm³/mol. The van der Waals surface area contributed by atoms with Crippen molar-refractivity contribution in [3.05, 3.63) is 23.8 Å². The highest BCUT2D eigenvalue weighted by Crippen LogP contribution is 2.25. The maximum absolute atomic E-state index is 5.92. The van der Waals surface area contributed by atoms with Crippen LogP contribution in [0, 0.1) is 12.3 Å². The average molecular weight is 248 g/mol. The molecule has 0 unspecified atom stereocenters. The average Bonchev–Trinajstić information content (AvgIpc) is 2.31. The summed E-state index contributed by atoms with van der Waals surface area (Å²) in [5.74, 6) is 0. The summed E-state index contributed by atoms with van der Waals surface area (Å²) in [4.78, 5) is 0. The van der Waals surface area contributed by atoms with E-state index in [0.717, 1.165) is 23.5 Å². The van der Waals surface area contributed by atoms with E-state index in [4.69, 9.17) is 5.73 Å². The molecule has 0 fully saturated rings. The highest BCUT2D eigenvalue weighted by atomic mass is 14.9. The third kappa shape index (κ3) is 4.99. The van der Waals surface area contributed by atoms with Gasteiger partial charge in [-0.25, -0.2) is 0 Å². The summed E-state index contributed by atoms with van der Waals surface area (Å²) in [5.41, 5.74) is 9.39. The summed E-state index contributed by atoms with van der Waals surface area (Å²) in [6, 6.07) is 6.20. The summed E-state index contributed by atoms with van der Waals surface area (Å²) in [7, 11) is 0. The van der Waals surface area contributed by atoms with E-state index < -0.39 is 0 Å². The van der Waals surface area contributed by atoms with E-state index in [2.05, 4.69) is 38.2 Å². The Morgan fingerprint density at radius 2 is 1.94 bits per heavy atom. The molecule has 0 atom stereocenters. The molecule has 0 aliphatic carbocycles. The second-order valence-electron chi connectivity index (χ2n) is 6.05. The highest BCUT2D eigenvalue weighted by Gasteiger charge is 2.16. The van der Waals surface area contributed by atoms with Gasteiger partial charge >= 0.3 is 0 Å². The second-order valence-corrected chi connectivity index (χ2v) is 6.05. The Kier molecular flexibility index (Phi) is 5.52. The fraction of sp³-hybridized carbons (Fsp3) is 0.625. The van der Waals surface area contributed by atoms with Gasteiger partial charge in [0.2, 0.25) is 0 Å². The van der Waals surface area contributed by atoms with E-state index in [9.17, 15) is 0 Å². The fourth-order valence-corrected chi connectivity index (χ4v) is 2.03.